The van der Waals surface area contributed by atoms with Gasteiger partial charge in [0.25, 0.3) is 0 Å². The average molecular weight is 425 g/mol. The molecule has 0 bridgehead atoms. The van der Waals surface area contributed by atoms with Crippen molar-refractivity contribution in [2.45, 2.75) is 51.4 Å². The van der Waals surface area contributed by atoms with Gasteiger partial charge in [-0.15, -0.1) is 0 Å². The van der Waals surface area contributed by atoms with Crippen LogP contribution in [0.4, 0.5) is 5.69 Å². The quantitative estimate of drug-likeness (QED) is 0.561. The van der Waals surface area contributed by atoms with Gasteiger partial charge in [0.05, 0.1) is 11.3 Å². The summed E-state index contributed by atoms with van der Waals surface area (Å²) in [6, 6.07) is 16.5. The van der Waals surface area contributed by atoms with Crippen LogP contribution >= 0.6 is 0 Å². The van der Waals surface area contributed by atoms with Gasteiger partial charge in [-0.1, -0.05) is 30.3 Å². The number of Topliss-reactive ketones (excluding diaryl/α,β-unsaturated/α-hetero) is 1. The first kappa shape index (κ1) is 20.6. The molecule has 5 rings (SSSR count). The molecule has 1 atom stereocenters. The normalized spacial score (nSPS) is 20.4. The van der Waals surface area contributed by atoms with E-state index >= 15 is 0 Å². The molecule has 2 aliphatic rings. The summed E-state index contributed by atoms with van der Waals surface area (Å²) in [6.45, 7) is 9.90. The predicted octanol–water partition coefficient (Wildman–Crippen LogP) is 5.30. The molecule has 1 aromatic heterocycles. The molecule has 0 radical (unpaired) electrons. The lowest BCUT2D eigenvalue weighted by Crippen LogP contribution is -2.33. The second kappa shape index (κ2) is 6.61. The van der Waals surface area contributed by atoms with Crippen LogP contribution in [0.1, 0.15) is 61.6 Å². The lowest BCUT2D eigenvalue weighted by Gasteiger charge is -2.19. The highest BCUT2D eigenvalue weighted by molar-refractivity contribution is 6.08. The number of hydrogen-bond donors (Lipinski definition) is 0. The number of nitrogens with zero attached hydrogens (tertiary/aromatic N) is 2. The van der Waals surface area contributed by atoms with Crippen LogP contribution in [0.15, 0.2) is 54.7 Å². The van der Waals surface area contributed by atoms with Crippen molar-refractivity contribution < 1.29 is 9.59 Å². The largest absolute Gasteiger partial charge is 0.314 e. The molecule has 0 saturated carbocycles. The first-order valence-electron chi connectivity index (χ1n) is 11.1. The molecule has 0 fully saturated rings. The van der Waals surface area contributed by atoms with E-state index in [0.29, 0.717) is 0 Å². The summed E-state index contributed by atoms with van der Waals surface area (Å²) in [5.41, 5.74) is 6.92. The topological polar surface area (TPSA) is 50.3 Å². The Hall–Kier alpha value is -3.27. The Kier molecular flexibility index (Phi) is 4.26. The van der Waals surface area contributed by atoms with Gasteiger partial charge in [0.15, 0.2) is 5.78 Å². The third-order valence-electron chi connectivity index (χ3n) is 7.39. The number of aromatic nitrogens is 1. The summed E-state index contributed by atoms with van der Waals surface area (Å²) in [5.74, 6) is -0.0778. The van der Waals surface area contributed by atoms with Crippen molar-refractivity contribution in [2.24, 2.45) is 0 Å². The van der Waals surface area contributed by atoms with E-state index in [-0.39, 0.29) is 17.6 Å². The Balaban J connectivity index is 1.66. The summed E-state index contributed by atoms with van der Waals surface area (Å²) in [5, 5.41) is 0. The molecule has 162 valence electrons. The molecular formula is C28H28N2O2. The monoisotopic (exact) mass is 424 g/mol. The van der Waals surface area contributed by atoms with Crippen LogP contribution in [0.2, 0.25) is 0 Å². The van der Waals surface area contributed by atoms with Crippen molar-refractivity contribution >= 4 is 17.4 Å². The molecule has 4 nitrogen and oxygen atoms in total. The summed E-state index contributed by atoms with van der Waals surface area (Å²) >= 11 is 0. The van der Waals surface area contributed by atoms with Crippen LogP contribution in [-0.4, -0.2) is 23.7 Å². The van der Waals surface area contributed by atoms with Crippen molar-refractivity contribution in [1.82, 2.24) is 4.98 Å². The minimum atomic E-state index is -0.565. The maximum atomic E-state index is 13.7. The summed E-state index contributed by atoms with van der Waals surface area (Å²) in [6.07, 6.45) is 1.88. The Bertz CT molecular complexity index is 1290. The van der Waals surface area contributed by atoms with E-state index in [1.807, 2.05) is 72.1 Å². The molecule has 0 N–H and O–H groups in total. The van der Waals surface area contributed by atoms with Gasteiger partial charge in [-0.3, -0.25) is 14.6 Å². The molecule has 1 amide bonds. The van der Waals surface area contributed by atoms with Crippen LogP contribution in [0, 0.1) is 6.92 Å². The number of hydrogen-bond acceptors (Lipinski definition) is 3. The first-order chi connectivity index (χ1) is 15.0. The van der Waals surface area contributed by atoms with Crippen LogP contribution in [0.25, 0.3) is 11.1 Å². The number of fused-ring (bicyclic) bond motifs is 2. The second-order valence-corrected chi connectivity index (χ2v) is 10.2. The molecule has 2 aromatic carbocycles. The molecule has 32 heavy (non-hydrogen) atoms. The van der Waals surface area contributed by atoms with E-state index in [2.05, 4.69) is 29.2 Å². The fourth-order valence-corrected chi connectivity index (χ4v) is 5.33. The summed E-state index contributed by atoms with van der Waals surface area (Å²) in [4.78, 5) is 32.6. The van der Waals surface area contributed by atoms with Gasteiger partial charge >= 0.3 is 0 Å². The van der Waals surface area contributed by atoms with Crippen LogP contribution in [0.5, 0.6) is 0 Å². The number of benzene rings is 2. The second-order valence-electron chi connectivity index (χ2n) is 10.2. The molecule has 1 aliphatic heterocycles. The molecule has 0 saturated heterocycles. The molecule has 1 unspecified atom stereocenters. The van der Waals surface area contributed by atoms with Crippen LogP contribution < -0.4 is 4.90 Å². The van der Waals surface area contributed by atoms with Gasteiger partial charge in [0, 0.05) is 35.6 Å². The van der Waals surface area contributed by atoms with Crippen molar-refractivity contribution in [2.75, 3.05) is 11.9 Å². The summed E-state index contributed by atoms with van der Waals surface area (Å²) < 4.78 is 0. The first-order valence-corrected chi connectivity index (χ1v) is 11.1. The number of amides is 1. The summed E-state index contributed by atoms with van der Waals surface area (Å²) in [7, 11) is 1.82. The molecular weight excluding hydrogens is 396 g/mol. The highest BCUT2D eigenvalue weighted by Gasteiger charge is 2.47. The maximum absolute atomic E-state index is 13.7. The average Bonchev–Trinajstić information content (AvgIpc) is 3.07. The number of rotatable bonds is 2. The number of carbonyl (C=O) groups is 2. The fourth-order valence-electron chi connectivity index (χ4n) is 5.33. The molecule has 0 spiro atoms. The van der Waals surface area contributed by atoms with Gasteiger partial charge in [-0.2, -0.15) is 0 Å². The maximum Gasteiger partial charge on any atom is 0.236 e. The van der Waals surface area contributed by atoms with E-state index in [9.17, 15) is 9.59 Å². The molecule has 1 aliphatic carbocycles. The lowest BCUT2D eigenvalue weighted by atomic mass is 9.82. The number of aryl methyl sites for hydroxylation is 1. The molecule has 4 heteroatoms. The smallest absolute Gasteiger partial charge is 0.236 e. The van der Waals surface area contributed by atoms with Gasteiger partial charge in [-0.25, -0.2) is 0 Å². The van der Waals surface area contributed by atoms with Crippen molar-refractivity contribution in [3.8, 4) is 11.1 Å². The minimum Gasteiger partial charge on any atom is -0.314 e. The number of carbonyl (C=O) groups excluding carboxylic acids is 2. The predicted molar refractivity (Wildman–Crippen MR) is 127 cm³/mol. The third kappa shape index (κ3) is 2.72. The van der Waals surface area contributed by atoms with Gasteiger partial charge in [0.1, 0.15) is 0 Å². The number of likely N-dealkylation sites (N-methyl/N-ethyl adjacent to an activating group) is 1. The van der Waals surface area contributed by atoms with E-state index in [0.717, 1.165) is 44.8 Å². The Morgan fingerprint density at radius 3 is 2.22 bits per heavy atom. The zero-order valence-corrected chi connectivity index (χ0v) is 19.5. The van der Waals surface area contributed by atoms with Gasteiger partial charge < -0.3 is 4.90 Å². The van der Waals surface area contributed by atoms with E-state index < -0.39 is 10.8 Å². The van der Waals surface area contributed by atoms with Crippen LogP contribution in [0.3, 0.4) is 0 Å². The van der Waals surface area contributed by atoms with E-state index in [4.69, 9.17) is 0 Å². The Morgan fingerprint density at radius 1 is 0.844 bits per heavy atom. The highest BCUT2D eigenvalue weighted by Crippen LogP contribution is 2.49. The zero-order chi connectivity index (χ0) is 23.0. The number of anilines is 1. The zero-order valence-electron chi connectivity index (χ0n) is 19.5. The number of pyridine rings is 1. The van der Waals surface area contributed by atoms with Gasteiger partial charge in [-0.05, 0) is 80.6 Å². The number of ketones is 1. The van der Waals surface area contributed by atoms with Crippen molar-refractivity contribution in [3.05, 3.63) is 82.7 Å². The van der Waals surface area contributed by atoms with Gasteiger partial charge in [0.2, 0.25) is 5.91 Å². The van der Waals surface area contributed by atoms with Crippen molar-refractivity contribution in [3.63, 3.8) is 0 Å². The molecule has 2 heterocycles. The van der Waals surface area contributed by atoms with E-state index in [1.165, 1.54) is 0 Å². The lowest BCUT2D eigenvalue weighted by molar-refractivity contribution is -0.123. The Morgan fingerprint density at radius 2 is 1.53 bits per heavy atom. The third-order valence-corrected chi connectivity index (χ3v) is 7.39. The SMILES string of the molecule is Cc1ccc(-c2ccc3c(c2)C(c2ccc4c(c2)N(C)C(=O)C4(C)C)C(=O)C3(C)C)cn1. The molecule has 3 aromatic rings. The highest BCUT2D eigenvalue weighted by atomic mass is 16.2. The minimum absolute atomic E-state index is 0.0808. The van der Waals surface area contributed by atoms with E-state index in [1.54, 1.807) is 4.90 Å². The Labute approximate surface area is 189 Å². The van der Waals surface area contributed by atoms with Crippen molar-refractivity contribution in [1.29, 1.82) is 0 Å². The standard InChI is InChI=1S/C28H28N2O2/c1-16-7-8-19(15-29-16)17-9-11-21-20(13-17)24(25(31)27(21,2)3)18-10-12-22-23(14-18)30(6)26(32)28(22,4)5/h7-15,24H,1-6H3. The fraction of sp³-hybridized carbons (Fsp3) is 0.321. The van der Waals surface area contributed by atoms with Crippen LogP contribution in [-0.2, 0) is 20.4 Å².